The lowest BCUT2D eigenvalue weighted by atomic mass is 10.1. The van der Waals surface area contributed by atoms with Crippen LogP contribution in [0.25, 0.3) is 6.08 Å². The fraction of sp³-hybridized carbons (Fsp3) is 0. The van der Waals surface area contributed by atoms with Gasteiger partial charge in [-0.1, -0.05) is 0 Å². The molecule has 0 aliphatic heterocycles. The Hall–Kier alpha value is -2.66. The number of rotatable bonds is 3. The number of carbonyl (C=O) groups is 1. The van der Waals surface area contributed by atoms with E-state index >= 15 is 0 Å². The Bertz CT molecular complexity index is 653. The monoisotopic (exact) mass is 304 g/mol. The van der Waals surface area contributed by atoms with Crippen LogP contribution in [-0.4, -0.2) is 5.91 Å². The van der Waals surface area contributed by atoms with Crippen molar-refractivity contribution in [1.82, 2.24) is 0 Å². The van der Waals surface area contributed by atoms with Gasteiger partial charge in [0.2, 0.25) is 5.91 Å². The average Bonchev–Trinajstić information content (AvgIpc) is 2.42. The van der Waals surface area contributed by atoms with Crippen LogP contribution in [0.2, 0.25) is 0 Å². The molecule has 0 bridgehead atoms. The van der Waals surface area contributed by atoms with E-state index in [1.54, 1.807) is 48.5 Å². The van der Waals surface area contributed by atoms with E-state index in [9.17, 15) is 4.79 Å². The first-order valence-electron chi connectivity index (χ1n) is 6.04. The van der Waals surface area contributed by atoms with E-state index < -0.39 is 0 Å². The molecule has 0 aliphatic carbocycles. The molecule has 0 heterocycles. The molecule has 0 aliphatic rings. The van der Waals surface area contributed by atoms with Gasteiger partial charge in [0, 0.05) is 28.8 Å². The average molecular weight is 305 g/mol. The number of benzene rings is 2. The molecular formula is C15H17ClN4O. The van der Waals surface area contributed by atoms with Gasteiger partial charge in [-0.25, -0.2) is 0 Å². The summed E-state index contributed by atoms with van der Waals surface area (Å²) in [6.07, 6.45) is 3.03. The molecule has 0 aromatic heterocycles. The molecule has 0 unspecified atom stereocenters. The number of nitrogens with two attached hydrogens (primary N) is 3. The summed E-state index contributed by atoms with van der Waals surface area (Å²) in [6, 6.07) is 12.0. The summed E-state index contributed by atoms with van der Waals surface area (Å²) < 4.78 is 0. The largest absolute Gasteiger partial charge is 0.399 e. The van der Waals surface area contributed by atoms with Crippen molar-refractivity contribution < 1.29 is 4.79 Å². The first kappa shape index (κ1) is 16.4. The third-order valence-electron chi connectivity index (χ3n) is 2.70. The summed E-state index contributed by atoms with van der Waals surface area (Å²) in [5.74, 6) is -0.253. The molecule has 2 aromatic carbocycles. The standard InChI is InChI=1S/C15H16N4O.ClH/c16-11-2-5-13(6-3-11)19-15(20)8-1-10-9-12(17)4-7-14(10)18;/h1-9H,16-18H2,(H,19,20);1H. The number of carbonyl (C=O) groups excluding carboxylic acids is 1. The number of hydrogen-bond donors (Lipinski definition) is 4. The van der Waals surface area contributed by atoms with Crippen molar-refractivity contribution in [2.75, 3.05) is 22.5 Å². The second-order valence-electron chi connectivity index (χ2n) is 4.33. The molecule has 0 spiro atoms. The van der Waals surface area contributed by atoms with Crippen LogP contribution in [0.15, 0.2) is 48.5 Å². The van der Waals surface area contributed by atoms with Crippen molar-refractivity contribution >= 4 is 47.1 Å². The van der Waals surface area contributed by atoms with E-state index in [-0.39, 0.29) is 18.3 Å². The van der Waals surface area contributed by atoms with E-state index in [1.807, 2.05) is 0 Å². The number of halogens is 1. The second kappa shape index (κ2) is 7.21. The molecule has 0 radical (unpaired) electrons. The molecule has 21 heavy (non-hydrogen) atoms. The third kappa shape index (κ3) is 4.74. The van der Waals surface area contributed by atoms with Crippen LogP contribution >= 0.6 is 12.4 Å². The summed E-state index contributed by atoms with van der Waals surface area (Å²) in [7, 11) is 0. The van der Waals surface area contributed by atoms with Crippen LogP contribution in [0, 0.1) is 0 Å². The summed E-state index contributed by atoms with van der Waals surface area (Å²) >= 11 is 0. The summed E-state index contributed by atoms with van der Waals surface area (Å²) in [5.41, 5.74) is 20.2. The fourth-order valence-corrected chi connectivity index (χ4v) is 1.65. The van der Waals surface area contributed by atoms with Crippen LogP contribution < -0.4 is 22.5 Å². The number of amides is 1. The lowest BCUT2D eigenvalue weighted by Crippen LogP contribution is -2.07. The van der Waals surface area contributed by atoms with Gasteiger partial charge in [-0.3, -0.25) is 4.79 Å². The van der Waals surface area contributed by atoms with Crippen molar-refractivity contribution in [3.63, 3.8) is 0 Å². The van der Waals surface area contributed by atoms with E-state index in [0.717, 1.165) is 0 Å². The molecule has 2 rings (SSSR count). The van der Waals surface area contributed by atoms with Crippen molar-refractivity contribution in [3.8, 4) is 0 Å². The molecule has 1 amide bonds. The predicted molar refractivity (Wildman–Crippen MR) is 91.0 cm³/mol. The van der Waals surface area contributed by atoms with Crippen molar-refractivity contribution in [2.24, 2.45) is 0 Å². The Morgan fingerprint density at radius 2 is 1.57 bits per heavy atom. The van der Waals surface area contributed by atoms with Gasteiger partial charge in [-0.15, -0.1) is 12.4 Å². The van der Waals surface area contributed by atoms with Gasteiger partial charge in [0.1, 0.15) is 0 Å². The lowest BCUT2D eigenvalue weighted by molar-refractivity contribution is -0.111. The highest BCUT2D eigenvalue weighted by atomic mass is 35.5. The van der Waals surface area contributed by atoms with Crippen molar-refractivity contribution in [3.05, 3.63) is 54.1 Å². The van der Waals surface area contributed by atoms with Crippen LogP contribution in [0.1, 0.15) is 5.56 Å². The van der Waals surface area contributed by atoms with Gasteiger partial charge in [0.15, 0.2) is 0 Å². The quantitative estimate of drug-likeness (QED) is 0.516. The molecule has 0 fully saturated rings. The van der Waals surface area contributed by atoms with Crippen molar-refractivity contribution in [2.45, 2.75) is 0 Å². The normalized spacial score (nSPS) is 10.1. The van der Waals surface area contributed by atoms with Crippen LogP contribution in [0.3, 0.4) is 0 Å². The molecule has 0 saturated carbocycles. The maximum Gasteiger partial charge on any atom is 0.248 e. The molecule has 2 aromatic rings. The zero-order valence-electron chi connectivity index (χ0n) is 11.2. The minimum atomic E-state index is -0.253. The zero-order chi connectivity index (χ0) is 14.5. The second-order valence-corrected chi connectivity index (χ2v) is 4.33. The van der Waals surface area contributed by atoms with Gasteiger partial charge in [-0.2, -0.15) is 0 Å². The molecule has 7 N–H and O–H groups in total. The highest BCUT2D eigenvalue weighted by Gasteiger charge is 1.99. The zero-order valence-corrected chi connectivity index (χ0v) is 12.1. The maximum atomic E-state index is 11.8. The SMILES string of the molecule is Cl.Nc1ccc(NC(=O)C=Cc2cc(N)ccc2N)cc1. The highest BCUT2D eigenvalue weighted by molar-refractivity contribution is 6.02. The minimum absolute atomic E-state index is 0. The first-order valence-corrected chi connectivity index (χ1v) is 6.04. The molecule has 0 saturated heterocycles. The Morgan fingerprint density at radius 3 is 2.24 bits per heavy atom. The predicted octanol–water partition coefficient (Wildman–Crippen LogP) is 2.51. The fourth-order valence-electron chi connectivity index (χ4n) is 1.65. The Labute approximate surface area is 129 Å². The van der Waals surface area contributed by atoms with Crippen LogP contribution in [0.5, 0.6) is 0 Å². The Kier molecular flexibility index (Phi) is 5.63. The molecular weight excluding hydrogens is 288 g/mol. The van der Waals surface area contributed by atoms with Gasteiger partial charge in [-0.05, 0) is 54.1 Å². The van der Waals surface area contributed by atoms with Gasteiger partial charge in [0.05, 0.1) is 0 Å². The summed E-state index contributed by atoms with van der Waals surface area (Å²) in [4.78, 5) is 11.8. The first-order chi connectivity index (χ1) is 9.54. The number of nitrogen functional groups attached to an aromatic ring is 3. The lowest BCUT2D eigenvalue weighted by Gasteiger charge is -2.03. The summed E-state index contributed by atoms with van der Waals surface area (Å²) in [5, 5.41) is 2.72. The van der Waals surface area contributed by atoms with E-state index in [0.29, 0.717) is 28.3 Å². The van der Waals surface area contributed by atoms with E-state index in [1.165, 1.54) is 6.08 Å². The third-order valence-corrected chi connectivity index (χ3v) is 2.70. The number of hydrogen-bond acceptors (Lipinski definition) is 4. The molecule has 110 valence electrons. The van der Waals surface area contributed by atoms with Crippen LogP contribution in [0.4, 0.5) is 22.7 Å². The highest BCUT2D eigenvalue weighted by Crippen LogP contribution is 2.17. The van der Waals surface area contributed by atoms with Gasteiger partial charge >= 0.3 is 0 Å². The Morgan fingerprint density at radius 1 is 0.952 bits per heavy atom. The molecule has 6 heteroatoms. The topological polar surface area (TPSA) is 107 Å². The molecule has 0 atom stereocenters. The number of nitrogens with one attached hydrogen (secondary N) is 1. The minimum Gasteiger partial charge on any atom is -0.399 e. The molecule has 5 nitrogen and oxygen atoms in total. The van der Waals surface area contributed by atoms with E-state index in [4.69, 9.17) is 17.2 Å². The van der Waals surface area contributed by atoms with E-state index in [2.05, 4.69) is 5.32 Å². The maximum absolute atomic E-state index is 11.8. The van der Waals surface area contributed by atoms with Crippen LogP contribution in [-0.2, 0) is 4.79 Å². The van der Waals surface area contributed by atoms with Gasteiger partial charge < -0.3 is 22.5 Å². The smallest absolute Gasteiger partial charge is 0.248 e. The Balaban J connectivity index is 0.00000220. The van der Waals surface area contributed by atoms with Crippen molar-refractivity contribution in [1.29, 1.82) is 0 Å². The summed E-state index contributed by atoms with van der Waals surface area (Å²) in [6.45, 7) is 0. The number of anilines is 4. The van der Waals surface area contributed by atoms with Gasteiger partial charge in [0.25, 0.3) is 0 Å².